The SMILES string of the molecule is O=C(N[C@H]1CCCCC/C=C/[C@@H]2C[C@@]2(C(=O)NS(=O)(=O)C2CC2)NC(=O)[C@@H]2C[C@@H](OC(=O)N3CCc4ccccc4C3)CN2C1=O)OCC(F)(F)F. The fourth-order valence-corrected chi connectivity index (χ4v) is 8.41. The molecule has 14 nitrogen and oxygen atoms in total. The van der Waals surface area contributed by atoms with E-state index in [1.165, 1.54) is 4.90 Å². The van der Waals surface area contributed by atoms with Crippen LogP contribution in [0.3, 0.4) is 0 Å². The lowest BCUT2D eigenvalue weighted by Gasteiger charge is -2.30. The van der Waals surface area contributed by atoms with E-state index in [4.69, 9.17) is 4.74 Å². The average Bonchev–Trinajstić information content (AvgIpc) is 4.02. The molecule has 0 spiro atoms. The number of halogens is 3. The van der Waals surface area contributed by atoms with E-state index in [-0.39, 0.29) is 32.4 Å². The maximum atomic E-state index is 14.1. The van der Waals surface area contributed by atoms with Gasteiger partial charge in [0.2, 0.25) is 21.8 Å². The minimum absolute atomic E-state index is 0.0140. The number of benzene rings is 1. The average molecular weight is 754 g/mol. The molecule has 5 atom stereocenters. The van der Waals surface area contributed by atoms with Gasteiger partial charge in [-0.15, -0.1) is 0 Å². The predicted octanol–water partition coefficient (Wildman–Crippen LogP) is 2.81. The fourth-order valence-electron chi connectivity index (χ4n) is 7.05. The smallest absolute Gasteiger partial charge is 0.422 e. The third kappa shape index (κ3) is 8.81. The summed E-state index contributed by atoms with van der Waals surface area (Å²) in [5.74, 6) is -3.07. The number of nitrogens with one attached hydrogen (secondary N) is 3. The van der Waals surface area contributed by atoms with Crippen LogP contribution in [-0.4, -0.2) is 103 Å². The molecule has 52 heavy (non-hydrogen) atoms. The van der Waals surface area contributed by atoms with Crippen molar-refractivity contribution >= 4 is 39.9 Å². The van der Waals surface area contributed by atoms with E-state index in [0.717, 1.165) is 16.0 Å². The molecule has 2 aliphatic carbocycles. The molecule has 18 heteroatoms. The summed E-state index contributed by atoms with van der Waals surface area (Å²) >= 11 is 0. The van der Waals surface area contributed by atoms with Gasteiger partial charge in [0, 0.05) is 25.4 Å². The van der Waals surface area contributed by atoms with Crippen LogP contribution in [0.15, 0.2) is 36.4 Å². The monoisotopic (exact) mass is 753 g/mol. The number of ether oxygens (including phenoxy) is 2. The highest BCUT2D eigenvalue weighted by Gasteiger charge is 2.62. The summed E-state index contributed by atoms with van der Waals surface area (Å²) in [6.07, 6.45) is -0.879. The second kappa shape index (κ2) is 14.9. The first-order chi connectivity index (χ1) is 24.6. The third-order valence-corrected chi connectivity index (χ3v) is 12.0. The lowest BCUT2D eigenvalue weighted by atomic mass is 10.0. The van der Waals surface area contributed by atoms with E-state index in [1.54, 1.807) is 6.08 Å². The summed E-state index contributed by atoms with van der Waals surface area (Å²) in [6.45, 7) is -1.50. The number of fused-ring (bicyclic) bond motifs is 3. The van der Waals surface area contributed by atoms with Crippen LogP contribution in [-0.2, 0) is 46.8 Å². The van der Waals surface area contributed by atoms with Gasteiger partial charge in [-0.1, -0.05) is 49.3 Å². The number of nitrogens with zero attached hydrogens (tertiary/aromatic N) is 2. The molecule has 1 aromatic rings. The molecule has 0 radical (unpaired) electrons. The van der Waals surface area contributed by atoms with Crippen LogP contribution >= 0.6 is 0 Å². The van der Waals surface area contributed by atoms with Crippen molar-refractivity contribution in [2.24, 2.45) is 5.92 Å². The van der Waals surface area contributed by atoms with Crippen LogP contribution in [0.5, 0.6) is 0 Å². The standard InChI is InChI=1S/C34H42F3N5O9S/c35-34(36,37)20-50-31(46)38-26-11-5-3-1-2-4-10-23-17-33(23,30(45)40-52(48,49)25-12-13-25)39-28(43)27-16-24(19-42(27)29(26)44)51-32(47)41-15-14-21-8-6-7-9-22(21)18-41/h4,6-10,23-27H,1-3,5,11-20H2,(H,38,46)(H,39,43)(H,40,45)/b10-4+/t23-,24-,26+,27+,33-/m1/s1. The van der Waals surface area contributed by atoms with Gasteiger partial charge in [0.25, 0.3) is 5.91 Å². The Labute approximate surface area is 298 Å². The van der Waals surface area contributed by atoms with Gasteiger partial charge in [-0.3, -0.25) is 19.1 Å². The molecular weight excluding hydrogens is 711 g/mol. The second-order valence-corrected chi connectivity index (χ2v) is 16.1. The van der Waals surface area contributed by atoms with E-state index in [2.05, 4.69) is 20.1 Å². The zero-order valence-corrected chi connectivity index (χ0v) is 29.2. The van der Waals surface area contributed by atoms with Gasteiger partial charge in [0.05, 0.1) is 11.8 Å². The highest BCUT2D eigenvalue weighted by atomic mass is 32.2. The van der Waals surface area contributed by atoms with Crippen molar-refractivity contribution in [1.82, 2.24) is 25.2 Å². The Hall–Kier alpha value is -4.35. The number of carbonyl (C=O) groups is 5. The van der Waals surface area contributed by atoms with Crippen molar-refractivity contribution in [3.05, 3.63) is 47.5 Å². The Morgan fingerprint density at radius 3 is 2.52 bits per heavy atom. The molecule has 1 saturated heterocycles. The van der Waals surface area contributed by atoms with Gasteiger partial charge in [-0.2, -0.15) is 13.2 Å². The number of amides is 5. The maximum Gasteiger partial charge on any atom is 0.422 e. The first kappa shape index (κ1) is 37.4. The van der Waals surface area contributed by atoms with Crippen LogP contribution in [0.1, 0.15) is 68.9 Å². The summed E-state index contributed by atoms with van der Waals surface area (Å²) in [6, 6.07) is 4.91. The van der Waals surface area contributed by atoms with Crippen molar-refractivity contribution in [3.8, 4) is 0 Å². The Morgan fingerprint density at radius 1 is 1.04 bits per heavy atom. The Bertz CT molecular complexity index is 1720. The molecule has 5 amide bonds. The fraction of sp³-hybridized carbons (Fsp3) is 0.618. The molecule has 6 rings (SSSR count). The number of alkyl carbamates (subject to hydrolysis) is 1. The lowest BCUT2D eigenvalue weighted by molar-refractivity contribution is -0.160. The lowest BCUT2D eigenvalue weighted by Crippen LogP contribution is -2.58. The van der Waals surface area contributed by atoms with Crippen LogP contribution in [0, 0.1) is 5.92 Å². The summed E-state index contributed by atoms with van der Waals surface area (Å²) in [4.78, 5) is 70.1. The van der Waals surface area contributed by atoms with Crippen molar-refractivity contribution in [2.75, 3.05) is 19.7 Å². The Morgan fingerprint density at radius 2 is 1.79 bits per heavy atom. The zero-order chi connectivity index (χ0) is 37.3. The summed E-state index contributed by atoms with van der Waals surface area (Å²) in [5.41, 5.74) is 0.425. The topological polar surface area (TPSA) is 181 Å². The van der Waals surface area contributed by atoms with Crippen molar-refractivity contribution in [1.29, 1.82) is 0 Å². The van der Waals surface area contributed by atoms with Crippen molar-refractivity contribution in [3.63, 3.8) is 0 Å². The number of hydrogen-bond donors (Lipinski definition) is 3. The van der Waals surface area contributed by atoms with E-state index in [9.17, 15) is 45.6 Å². The zero-order valence-electron chi connectivity index (χ0n) is 28.4. The second-order valence-electron chi connectivity index (χ2n) is 14.1. The molecule has 0 bridgehead atoms. The van der Waals surface area contributed by atoms with Gasteiger partial charge in [-0.25, -0.2) is 18.0 Å². The quantitative estimate of drug-likeness (QED) is 0.369. The summed E-state index contributed by atoms with van der Waals surface area (Å²) < 4.78 is 76.0. The van der Waals surface area contributed by atoms with Gasteiger partial charge < -0.3 is 29.9 Å². The number of sulfonamides is 1. The Balaban J connectivity index is 1.24. The minimum Gasteiger partial charge on any atom is -0.444 e. The molecule has 3 aliphatic heterocycles. The third-order valence-electron chi connectivity index (χ3n) is 10.2. The van der Waals surface area contributed by atoms with Crippen molar-refractivity contribution < 1.29 is 55.0 Å². The number of alkyl halides is 3. The molecule has 2 saturated carbocycles. The van der Waals surface area contributed by atoms with Gasteiger partial charge in [0.15, 0.2) is 6.61 Å². The van der Waals surface area contributed by atoms with Crippen LogP contribution in [0.4, 0.5) is 22.8 Å². The number of carbonyl (C=O) groups excluding carboxylic acids is 5. The first-order valence-corrected chi connectivity index (χ1v) is 19.1. The molecule has 0 unspecified atom stereocenters. The van der Waals surface area contributed by atoms with Crippen LogP contribution in [0.2, 0.25) is 0 Å². The molecule has 1 aromatic carbocycles. The van der Waals surface area contributed by atoms with Gasteiger partial charge >= 0.3 is 18.4 Å². The molecule has 5 aliphatic rings. The number of rotatable bonds is 6. The van der Waals surface area contributed by atoms with Gasteiger partial charge in [-0.05, 0) is 56.1 Å². The summed E-state index contributed by atoms with van der Waals surface area (Å²) in [5, 5.41) is 4.22. The maximum absolute atomic E-state index is 14.1. The molecule has 3 fully saturated rings. The Kier molecular flexibility index (Phi) is 10.8. The van der Waals surface area contributed by atoms with Crippen molar-refractivity contribution in [2.45, 2.75) is 106 Å². The van der Waals surface area contributed by atoms with Crippen LogP contribution < -0.4 is 15.4 Å². The molecule has 3 heterocycles. The van der Waals surface area contributed by atoms with E-state index in [1.807, 2.05) is 30.3 Å². The molecule has 284 valence electrons. The van der Waals surface area contributed by atoms with E-state index in [0.29, 0.717) is 51.5 Å². The highest BCUT2D eigenvalue weighted by molar-refractivity contribution is 7.91. The molecular formula is C34H42F3N5O9S. The highest BCUT2D eigenvalue weighted by Crippen LogP contribution is 2.46. The van der Waals surface area contributed by atoms with E-state index < -0.39 is 87.6 Å². The predicted molar refractivity (Wildman–Crippen MR) is 177 cm³/mol. The first-order valence-electron chi connectivity index (χ1n) is 17.5. The molecule has 3 N–H and O–H groups in total. The number of allylic oxidation sites excluding steroid dienone is 1. The van der Waals surface area contributed by atoms with Crippen LogP contribution in [0.25, 0.3) is 0 Å². The normalized spacial score (nSPS) is 28.8. The summed E-state index contributed by atoms with van der Waals surface area (Å²) in [7, 11) is -3.97. The minimum atomic E-state index is -4.80. The number of hydrogen-bond acceptors (Lipinski definition) is 9. The molecule has 0 aromatic heterocycles. The van der Waals surface area contributed by atoms with Gasteiger partial charge in [0.1, 0.15) is 23.7 Å². The largest absolute Gasteiger partial charge is 0.444 e. The van der Waals surface area contributed by atoms with E-state index >= 15 is 0 Å².